The van der Waals surface area contributed by atoms with E-state index in [1.54, 1.807) is 48.2 Å². The van der Waals surface area contributed by atoms with Gasteiger partial charge in [-0.1, -0.05) is 41.4 Å². The highest BCUT2D eigenvalue weighted by Crippen LogP contribution is 2.44. The Balaban J connectivity index is 1.51. The van der Waals surface area contributed by atoms with Crippen LogP contribution in [-0.4, -0.2) is 23.0 Å². The molecule has 2 unspecified atom stereocenters. The number of benzene rings is 3. The van der Waals surface area contributed by atoms with E-state index in [0.29, 0.717) is 27.9 Å². The van der Waals surface area contributed by atoms with Crippen LogP contribution in [0.5, 0.6) is 0 Å². The normalized spacial score (nSPS) is 18.1. The first-order valence-electron chi connectivity index (χ1n) is 10.00. The third-order valence-electron chi connectivity index (χ3n) is 5.31. The maximum Gasteiger partial charge on any atom is 0.251 e. The highest BCUT2D eigenvalue weighted by atomic mass is 35.5. The first-order chi connectivity index (χ1) is 15.3. The number of carbonyl (C=O) groups excluding carboxylic acids is 1. The fourth-order valence-corrected chi connectivity index (χ4v) is 5.29. The van der Waals surface area contributed by atoms with Crippen LogP contribution < -0.4 is 10.2 Å². The molecule has 3 aromatic carbocycles. The monoisotopic (exact) mass is 490 g/mol. The minimum absolute atomic E-state index is 0.140. The third kappa shape index (κ3) is 4.89. The molecule has 0 aromatic heterocycles. The van der Waals surface area contributed by atoms with Crippen molar-refractivity contribution in [3.8, 4) is 0 Å². The maximum atomic E-state index is 13.3. The first kappa shape index (κ1) is 22.9. The molecule has 1 amide bonds. The van der Waals surface area contributed by atoms with Crippen molar-refractivity contribution in [2.45, 2.75) is 25.1 Å². The third-order valence-corrected chi connectivity index (χ3v) is 7.35. The fraction of sp³-hybridized carbons (Fsp3) is 0.208. The Hall–Kier alpha value is -2.25. The quantitative estimate of drug-likeness (QED) is 0.464. The Morgan fingerprint density at radius 2 is 1.88 bits per heavy atom. The largest absolute Gasteiger partial charge is 0.373 e. The Morgan fingerprint density at radius 1 is 1.12 bits per heavy atom. The van der Waals surface area contributed by atoms with Gasteiger partial charge in [0.25, 0.3) is 5.91 Å². The zero-order valence-corrected chi connectivity index (χ0v) is 19.5. The summed E-state index contributed by atoms with van der Waals surface area (Å²) in [6.45, 7) is 2.23. The minimum Gasteiger partial charge on any atom is -0.373 e. The van der Waals surface area contributed by atoms with E-state index in [1.165, 1.54) is 12.1 Å². The van der Waals surface area contributed by atoms with Crippen molar-refractivity contribution in [1.82, 2.24) is 5.32 Å². The van der Waals surface area contributed by atoms with Gasteiger partial charge in [-0.3, -0.25) is 4.79 Å². The Bertz CT molecular complexity index is 1140. The second kappa shape index (κ2) is 9.71. The second-order valence-electron chi connectivity index (χ2n) is 7.56. The second-order valence-corrected chi connectivity index (χ2v) is 9.49. The lowest BCUT2D eigenvalue weighted by Gasteiger charge is -2.30. The molecule has 2 N–H and O–H groups in total. The molecule has 1 fully saturated rings. The number of hydrogen-bond acceptors (Lipinski definition) is 4. The van der Waals surface area contributed by atoms with Crippen molar-refractivity contribution < 1.29 is 14.3 Å². The maximum absolute atomic E-state index is 13.3. The minimum atomic E-state index is -0.678. The van der Waals surface area contributed by atoms with Crippen molar-refractivity contribution >= 4 is 46.6 Å². The van der Waals surface area contributed by atoms with Crippen LogP contribution in [0.1, 0.15) is 32.4 Å². The fourth-order valence-electron chi connectivity index (χ4n) is 3.69. The lowest BCUT2D eigenvalue weighted by molar-refractivity contribution is 0.0951. The zero-order chi connectivity index (χ0) is 22.8. The molecule has 0 aliphatic carbocycles. The summed E-state index contributed by atoms with van der Waals surface area (Å²) in [6, 6.07) is 16.9. The van der Waals surface area contributed by atoms with Gasteiger partial charge in [0.2, 0.25) is 0 Å². The van der Waals surface area contributed by atoms with Gasteiger partial charge in [-0.15, -0.1) is 11.8 Å². The van der Waals surface area contributed by atoms with Gasteiger partial charge in [0.1, 0.15) is 17.4 Å². The van der Waals surface area contributed by atoms with Crippen molar-refractivity contribution in [3.63, 3.8) is 0 Å². The molecule has 0 saturated carbocycles. The van der Waals surface area contributed by atoms with Crippen LogP contribution in [0.4, 0.5) is 10.1 Å². The van der Waals surface area contributed by atoms with Gasteiger partial charge in [0.15, 0.2) is 0 Å². The van der Waals surface area contributed by atoms with E-state index < -0.39 is 6.23 Å². The van der Waals surface area contributed by atoms with E-state index >= 15 is 0 Å². The highest BCUT2D eigenvalue weighted by molar-refractivity contribution is 7.99. The number of amides is 1. The molecule has 1 aliphatic rings. The average molecular weight is 491 g/mol. The van der Waals surface area contributed by atoms with Gasteiger partial charge in [-0.05, 0) is 66.1 Å². The summed E-state index contributed by atoms with van der Waals surface area (Å²) in [7, 11) is 0. The molecular formula is C24H21Cl2FN2O2S. The number of halogens is 3. The number of anilines is 1. The molecule has 0 spiro atoms. The van der Waals surface area contributed by atoms with Crippen LogP contribution in [0.15, 0.2) is 60.7 Å². The Labute approximate surface area is 200 Å². The number of hydrogen-bond donors (Lipinski definition) is 2. The molecule has 3 aromatic rings. The Kier molecular flexibility index (Phi) is 6.96. The molecule has 32 heavy (non-hydrogen) atoms. The van der Waals surface area contributed by atoms with Gasteiger partial charge in [0, 0.05) is 23.5 Å². The zero-order valence-electron chi connectivity index (χ0n) is 17.2. The molecule has 166 valence electrons. The van der Waals surface area contributed by atoms with Crippen LogP contribution >= 0.6 is 35.0 Å². The number of thioether (sulfide) groups is 1. The highest BCUT2D eigenvalue weighted by Gasteiger charge is 2.35. The van der Waals surface area contributed by atoms with Crippen molar-refractivity contribution in [3.05, 3.63) is 98.8 Å². The smallest absolute Gasteiger partial charge is 0.251 e. The predicted molar refractivity (Wildman–Crippen MR) is 129 cm³/mol. The van der Waals surface area contributed by atoms with Crippen LogP contribution in [0, 0.1) is 12.7 Å². The molecule has 0 bridgehead atoms. The van der Waals surface area contributed by atoms with Crippen LogP contribution in [0.25, 0.3) is 0 Å². The summed E-state index contributed by atoms with van der Waals surface area (Å²) in [5.74, 6) is 0.0290. The summed E-state index contributed by atoms with van der Waals surface area (Å²) in [6.07, 6.45) is -0.678. The molecule has 1 aliphatic heterocycles. The number of rotatable bonds is 5. The molecule has 8 heteroatoms. The summed E-state index contributed by atoms with van der Waals surface area (Å²) in [4.78, 5) is 14.6. The number of carbonyl (C=O) groups is 1. The molecule has 1 heterocycles. The summed E-state index contributed by atoms with van der Waals surface area (Å²) in [5.41, 5.74) is 3.97. The Morgan fingerprint density at radius 3 is 2.56 bits per heavy atom. The lowest BCUT2D eigenvalue weighted by atomic mass is 10.1. The van der Waals surface area contributed by atoms with Gasteiger partial charge in [-0.25, -0.2) is 4.39 Å². The van der Waals surface area contributed by atoms with Crippen LogP contribution in [0.2, 0.25) is 10.0 Å². The predicted octanol–water partition coefficient (Wildman–Crippen LogP) is 5.94. The van der Waals surface area contributed by atoms with E-state index in [2.05, 4.69) is 5.32 Å². The van der Waals surface area contributed by atoms with E-state index in [9.17, 15) is 14.3 Å². The van der Waals surface area contributed by atoms with Gasteiger partial charge < -0.3 is 15.3 Å². The molecule has 0 radical (unpaired) electrons. The molecule has 4 rings (SSSR count). The van der Waals surface area contributed by atoms with E-state index in [0.717, 1.165) is 22.4 Å². The number of aliphatic hydroxyl groups excluding tert-OH is 1. The summed E-state index contributed by atoms with van der Waals surface area (Å²) in [5, 5.41) is 14.3. The van der Waals surface area contributed by atoms with Crippen molar-refractivity contribution in [1.29, 1.82) is 0 Å². The topological polar surface area (TPSA) is 52.6 Å². The van der Waals surface area contributed by atoms with Crippen LogP contribution in [0.3, 0.4) is 0 Å². The van der Waals surface area contributed by atoms with Crippen LogP contribution in [-0.2, 0) is 6.54 Å². The summed E-state index contributed by atoms with van der Waals surface area (Å²) >= 11 is 13.6. The molecular weight excluding hydrogens is 470 g/mol. The van der Waals surface area contributed by atoms with E-state index in [4.69, 9.17) is 23.2 Å². The number of nitrogens with one attached hydrogen (secondary N) is 1. The number of aliphatic hydroxyl groups is 1. The molecule has 4 nitrogen and oxygen atoms in total. The molecule has 2 atom stereocenters. The first-order valence-corrected chi connectivity index (χ1v) is 11.8. The lowest BCUT2D eigenvalue weighted by Crippen LogP contribution is -2.33. The number of aryl methyl sites for hydroxylation is 1. The summed E-state index contributed by atoms with van der Waals surface area (Å²) < 4.78 is 13.3. The van der Waals surface area contributed by atoms with E-state index in [1.807, 2.05) is 24.0 Å². The van der Waals surface area contributed by atoms with Gasteiger partial charge in [-0.2, -0.15) is 0 Å². The average Bonchev–Trinajstić information content (AvgIpc) is 3.16. The van der Waals surface area contributed by atoms with Crippen molar-refractivity contribution in [2.75, 3.05) is 10.7 Å². The number of nitrogens with zero attached hydrogens (tertiary/aromatic N) is 1. The van der Waals surface area contributed by atoms with Gasteiger partial charge in [0.05, 0.1) is 10.0 Å². The standard InChI is InChI=1S/C24H21Cl2FN2O2S/c1-14-10-17(23(31)28-12-15-2-8-19(25)20(26)11-15)5-9-21(14)29-22(30)13-32-24(29)16-3-6-18(27)7-4-16/h2-11,22,24,30H,12-13H2,1H3,(H,28,31). The van der Waals surface area contributed by atoms with E-state index in [-0.39, 0.29) is 17.1 Å². The van der Waals surface area contributed by atoms with Gasteiger partial charge >= 0.3 is 0 Å². The van der Waals surface area contributed by atoms with Crippen molar-refractivity contribution in [2.24, 2.45) is 0 Å². The molecule has 1 saturated heterocycles. The SMILES string of the molecule is Cc1cc(C(=O)NCc2ccc(Cl)c(Cl)c2)ccc1N1C(O)CSC1c1ccc(F)cc1.